The number of benzene rings is 1. The molecule has 2 aromatic heterocycles. The number of aromatic nitrogens is 2. The highest BCUT2D eigenvalue weighted by Crippen LogP contribution is 2.38. The third kappa shape index (κ3) is 6.84. The van der Waals surface area contributed by atoms with Crippen LogP contribution in [0.1, 0.15) is 62.2 Å². The summed E-state index contributed by atoms with van der Waals surface area (Å²) in [6, 6.07) is 3.86. The largest absolute Gasteiger partial charge is 0.488 e. The SMILES string of the molecule is CC(=O)NC1CC(Oc2cc(F)ccc2Nc2ncnc3sc(C(=O)NC4CC4NC(=O)OC(C)(C)C)c(C)c23)C1. The number of ether oxygens (including phenoxy) is 2. The molecule has 0 bridgehead atoms. The molecule has 41 heavy (non-hydrogen) atoms. The van der Waals surface area contributed by atoms with E-state index in [-0.39, 0.29) is 36.0 Å². The Morgan fingerprint density at radius 3 is 2.49 bits per heavy atom. The van der Waals surface area contributed by atoms with Crippen molar-refractivity contribution >= 4 is 51.0 Å². The number of hydrogen-bond acceptors (Lipinski definition) is 9. The number of nitrogens with one attached hydrogen (secondary N) is 4. The zero-order valence-corrected chi connectivity index (χ0v) is 24.3. The summed E-state index contributed by atoms with van der Waals surface area (Å²) in [7, 11) is 0. The van der Waals surface area contributed by atoms with E-state index < -0.39 is 17.5 Å². The molecule has 2 atom stereocenters. The highest BCUT2D eigenvalue weighted by atomic mass is 32.1. The Balaban J connectivity index is 1.28. The molecule has 2 fully saturated rings. The summed E-state index contributed by atoms with van der Waals surface area (Å²) in [6.45, 7) is 8.66. The van der Waals surface area contributed by atoms with Gasteiger partial charge in [-0.25, -0.2) is 19.2 Å². The first-order chi connectivity index (χ1) is 19.4. The molecule has 0 saturated heterocycles. The van der Waals surface area contributed by atoms with E-state index in [2.05, 4.69) is 31.2 Å². The first kappa shape index (κ1) is 28.5. The fraction of sp³-hybridized carbons (Fsp3) is 0.464. The Morgan fingerprint density at radius 2 is 1.78 bits per heavy atom. The number of carbonyl (C=O) groups is 3. The second kappa shape index (κ2) is 11.1. The van der Waals surface area contributed by atoms with Crippen molar-refractivity contribution in [1.29, 1.82) is 0 Å². The maximum absolute atomic E-state index is 14.1. The van der Waals surface area contributed by atoms with Crippen LogP contribution in [0.5, 0.6) is 5.75 Å². The van der Waals surface area contributed by atoms with Crippen LogP contribution in [-0.4, -0.2) is 57.7 Å². The highest BCUT2D eigenvalue weighted by molar-refractivity contribution is 7.20. The summed E-state index contributed by atoms with van der Waals surface area (Å²) < 4.78 is 25.5. The second-order valence-corrected chi connectivity index (χ2v) is 12.4. The van der Waals surface area contributed by atoms with E-state index >= 15 is 0 Å². The Bertz CT molecular complexity index is 1500. The van der Waals surface area contributed by atoms with Gasteiger partial charge >= 0.3 is 6.09 Å². The van der Waals surface area contributed by atoms with Crippen molar-refractivity contribution < 1.29 is 28.2 Å². The van der Waals surface area contributed by atoms with E-state index in [4.69, 9.17) is 9.47 Å². The van der Waals surface area contributed by atoms with Gasteiger partial charge in [-0.1, -0.05) is 0 Å². The number of rotatable bonds is 8. The molecule has 3 aromatic rings. The number of alkyl carbamates (subject to hydrolysis) is 1. The van der Waals surface area contributed by atoms with Crippen molar-refractivity contribution in [3.8, 4) is 5.75 Å². The third-order valence-corrected chi connectivity index (χ3v) is 7.93. The molecule has 0 spiro atoms. The van der Waals surface area contributed by atoms with Gasteiger partial charge in [0, 0.05) is 31.9 Å². The van der Waals surface area contributed by atoms with Crippen LogP contribution in [0.25, 0.3) is 10.2 Å². The van der Waals surface area contributed by atoms with Crippen LogP contribution in [0.3, 0.4) is 0 Å². The number of hydrogen-bond donors (Lipinski definition) is 4. The lowest BCUT2D eigenvalue weighted by atomic mass is 9.89. The zero-order chi connectivity index (χ0) is 29.5. The number of fused-ring (bicyclic) bond motifs is 1. The molecule has 3 amide bonds. The fourth-order valence-corrected chi connectivity index (χ4v) is 5.71. The first-order valence-corrected chi connectivity index (χ1v) is 14.2. The maximum atomic E-state index is 14.1. The van der Waals surface area contributed by atoms with Gasteiger partial charge in [-0.2, -0.15) is 0 Å². The van der Waals surface area contributed by atoms with E-state index in [9.17, 15) is 18.8 Å². The molecule has 2 aliphatic carbocycles. The number of nitrogens with zero attached hydrogens (tertiary/aromatic N) is 2. The molecular formula is C28H33FN6O5S. The number of halogens is 1. The summed E-state index contributed by atoms with van der Waals surface area (Å²) in [5.41, 5.74) is 0.609. The number of amides is 3. The summed E-state index contributed by atoms with van der Waals surface area (Å²) in [5, 5.41) is 12.5. The van der Waals surface area contributed by atoms with Crippen LogP contribution >= 0.6 is 11.3 Å². The third-order valence-electron chi connectivity index (χ3n) is 6.73. The molecular weight excluding hydrogens is 551 g/mol. The van der Waals surface area contributed by atoms with E-state index in [1.54, 1.807) is 26.8 Å². The highest BCUT2D eigenvalue weighted by Gasteiger charge is 2.41. The number of carbonyl (C=O) groups excluding carboxylic acids is 3. The predicted molar refractivity (Wildman–Crippen MR) is 152 cm³/mol. The van der Waals surface area contributed by atoms with Crippen LogP contribution in [-0.2, 0) is 9.53 Å². The molecule has 2 aliphatic rings. The molecule has 0 radical (unpaired) electrons. The topological polar surface area (TPSA) is 144 Å². The van der Waals surface area contributed by atoms with E-state index in [1.807, 2.05) is 6.92 Å². The van der Waals surface area contributed by atoms with Gasteiger partial charge in [-0.05, 0) is 51.8 Å². The quantitative estimate of drug-likeness (QED) is 0.307. The second-order valence-electron chi connectivity index (χ2n) is 11.4. The van der Waals surface area contributed by atoms with Gasteiger partial charge in [0.1, 0.15) is 40.2 Å². The number of thiophene rings is 1. The Morgan fingerprint density at radius 1 is 1.05 bits per heavy atom. The van der Waals surface area contributed by atoms with Crippen LogP contribution in [0.4, 0.5) is 20.7 Å². The molecule has 0 aliphatic heterocycles. The van der Waals surface area contributed by atoms with Gasteiger partial charge in [0.2, 0.25) is 5.91 Å². The minimum absolute atomic E-state index is 0.0426. The average molecular weight is 585 g/mol. The van der Waals surface area contributed by atoms with Gasteiger partial charge in [0.15, 0.2) is 0 Å². The molecule has 4 N–H and O–H groups in total. The van der Waals surface area contributed by atoms with E-state index in [0.29, 0.717) is 57.2 Å². The monoisotopic (exact) mass is 584 g/mol. The number of anilines is 2. The lowest BCUT2D eigenvalue weighted by molar-refractivity contribution is -0.120. The van der Waals surface area contributed by atoms with Crippen LogP contribution in [0.2, 0.25) is 0 Å². The van der Waals surface area contributed by atoms with Crippen molar-refractivity contribution in [2.24, 2.45) is 0 Å². The maximum Gasteiger partial charge on any atom is 0.407 e. The van der Waals surface area contributed by atoms with Gasteiger partial charge in [-0.15, -0.1) is 11.3 Å². The molecule has 13 heteroatoms. The minimum Gasteiger partial charge on any atom is -0.488 e. The Hall–Kier alpha value is -4.00. The Kier molecular flexibility index (Phi) is 7.73. The normalized spacial score (nSPS) is 21.4. The molecule has 2 heterocycles. The van der Waals surface area contributed by atoms with Crippen molar-refractivity contribution in [3.05, 3.63) is 40.8 Å². The molecule has 2 unspecified atom stereocenters. The standard InChI is InChI=1S/C28H33FN6O5S/c1-13-22-24(33-18-7-6-15(29)8-21(18)39-17-9-16(10-17)32-14(2)36)30-12-31-26(22)41-23(13)25(37)34-19-11-20(19)35-27(38)40-28(3,4)5/h6-8,12,16-17,19-20H,9-11H2,1-5H3,(H,32,36)(H,34,37)(H,35,38)(H,30,31,33). The summed E-state index contributed by atoms with van der Waals surface area (Å²) in [5.74, 6) is -0.0188. The van der Waals surface area contributed by atoms with Crippen LogP contribution in [0, 0.1) is 12.7 Å². The molecule has 1 aromatic carbocycles. The summed E-state index contributed by atoms with van der Waals surface area (Å²) in [6.07, 6.45) is 2.60. The molecule has 218 valence electrons. The lowest BCUT2D eigenvalue weighted by Gasteiger charge is -2.36. The minimum atomic E-state index is -0.604. The molecule has 5 rings (SSSR count). The van der Waals surface area contributed by atoms with Gasteiger partial charge < -0.3 is 30.7 Å². The van der Waals surface area contributed by atoms with Crippen LogP contribution < -0.4 is 26.0 Å². The van der Waals surface area contributed by atoms with Crippen molar-refractivity contribution in [3.63, 3.8) is 0 Å². The van der Waals surface area contributed by atoms with Crippen LogP contribution in [0.15, 0.2) is 24.5 Å². The first-order valence-electron chi connectivity index (χ1n) is 13.4. The van der Waals surface area contributed by atoms with Gasteiger partial charge in [0.25, 0.3) is 5.91 Å². The van der Waals surface area contributed by atoms with Gasteiger partial charge in [0.05, 0.1) is 28.0 Å². The smallest absolute Gasteiger partial charge is 0.407 e. The lowest BCUT2D eigenvalue weighted by Crippen LogP contribution is -2.48. The zero-order valence-electron chi connectivity index (χ0n) is 23.5. The van der Waals surface area contributed by atoms with Crippen molar-refractivity contribution in [2.75, 3.05) is 5.32 Å². The fourth-order valence-electron chi connectivity index (χ4n) is 4.66. The van der Waals surface area contributed by atoms with Gasteiger partial charge in [-0.3, -0.25) is 9.59 Å². The van der Waals surface area contributed by atoms with E-state index in [1.165, 1.54) is 36.7 Å². The Labute approximate surface area is 240 Å². The molecule has 2 saturated carbocycles. The van der Waals surface area contributed by atoms with E-state index in [0.717, 1.165) is 0 Å². The number of aryl methyl sites for hydroxylation is 1. The average Bonchev–Trinajstić information content (AvgIpc) is 3.46. The van der Waals surface area contributed by atoms with Crippen molar-refractivity contribution in [1.82, 2.24) is 25.9 Å². The van der Waals surface area contributed by atoms with Crippen molar-refractivity contribution in [2.45, 2.75) is 83.7 Å². The summed E-state index contributed by atoms with van der Waals surface area (Å²) >= 11 is 1.24. The predicted octanol–water partition coefficient (Wildman–Crippen LogP) is 4.32. The molecule has 11 nitrogen and oxygen atoms in total. The summed E-state index contributed by atoms with van der Waals surface area (Å²) in [4.78, 5) is 46.3.